The molecule has 0 saturated heterocycles. The van der Waals surface area contributed by atoms with Gasteiger partial charge in [0.1, 0.15) is 5.75 Å². The number of benzene rings is 1. The molecule has 0 bridgehead atoms. The molecule has 2 aromatic rings. The van der Waals surface area contributed by atoms with Crippen molar-refractivity contribution in [3.05, 3.63) is 58.6 Å². The number of rotatable bonds is 5. The minimum atomic E-state index is -0.0584. The topological polar surface area (TPSA) is 42.4 Å². The SMILES string of the molecule is C=CC(=O)N(Cc1c(C)nsc1C)C(C)C1COc2ccccc21. The summed E-state index contributed by atoms with van der Waals surface area (Å²) in [5.41, 5.74) is 3.30. The maximum atomic E-state index is 12.5. The van der Waals surface area contributed by atoms with Gasteiger partial charge in [-0.3, -0.25) is 4.79 Å². The monoisotopic (exact) mass is 342 g/mol. The molecule has 0 spiro atoms. The highest BCUT2D eigenvalue weighted by Crippen LogP contribution is 2.37. The molecule has 1 aliphatic heterocycles. The minimum Gasteiger partial charge on any atom is -0.493 e. The van der Waals surface area contributed by atoms with Gasteiger partial charge in [0, 0.05) is 34.5 Å². The summed E-state index contributed by atoms with van der Waals surface area (Å²) in [5, 5.41) is 0. The van der Waals surface area contributed by atoms with E-state index in [1.54, 1.807) is 0 Å². The third-order valence-corrected chi connectivity index (χ3v) is 5.66. The third-order valence-electron chi connectivity index (χ3n) is 4.78. The molecule has 0 saturated carbocycles. The molecule has 126 valence electrons. The van der Waals surface area contributed by atoms with Gasteiger partial charge in [-0.15, -0.1) is 0 Å². The van der Waals surface area contributed by atoms with Gasteiger partial charge in [0.15, 0.2) is 0 Å². The van der Waals surface area contributed by atoms with Crippen molar-refractivity contribution in [3.63, 3.8) is 0 Å². The van der Waals surface area contributed by atoms with Gasteiger partial charge in [-0.1, -0.05) is 24.8 Å². The van der Waals surface area contributed by atoms with Gasteiger partial charge >= 0.3 is 0 Å². The van der Waals surface area contributed by atoms with Crippen LogP contribution in [0.1, 0.15) is 34.5 Å². The van der Waals surface area contributed by atoms with Gasteiger partial charge in [0.05, 0.1) is 12.3 Å². The summed E-state index contributed by atoms with van der Waals surface area (Å²) in [4.78, 5) is 15.6. The summed E-state index contributed by atoms with van der Waals surface area (Å²) in [6.45, 7) is 11.0. The van der Waals surface area contributed by atoms with Crippen LogP contribution in [-0.2, 0) is 11.3 Å². The minimum absolute atomic E-state index is 0.0119. The predicted molar refractivity (Wildman–Crippen MR) is 96.5 cm³/mol. The van der Waals surface area contributed by atoms with Crippen LogP contribution >= 0.6 is 11.5 Å². The van der Waals surface area contributed by atoms with Crippen molar-refractivity contribution in [2.45, 2.75) is 39.3 Å². The lowest BCUT2D eigenvalue weighted by Crippen LogP contribution is -2.41. The van der Waals surface area contributed by atoms with Gasteiger partial charge in [-0.05, 0) is 44.4 Å². The number of fused-ring (bicyclic) bond motifs is 1. The molecule has 0 aliphatic carbocycles. The molecule has 2 unspecified atom stereocenters. The summed E-state index contributed by atoms with van der Waals surface area (Å²) in [5.74, 6) is 1.03. The van der Waals surface area contributed by atoms with E-state index in [2.05, 4.69) is 30.9 Å². The molecule has 2 heterocycles. The second kappa shape index (κ2) is 6.77. The van der Waals surface area contributed by atoms with E-state index < -0.39 is 0 Å². The predicted octanol–water partition coefficient (Wildman–Crippen LogP) is 3.84. The first-order valence-electron chi connectivity index (χ1n) is 8.09. The van der Waals surface area contributed by atoms with Crippen LogP contribution in [0.4, 0.5) is 0 Å². The Hall–Kier alpha value is -2.14. The second-order valence-corrected chi connectivity index (χ2v) is 7.15. The standard InChI is InChI=1S/C19H22N2O2S/c1-5-19(22)21(10-16-12(2)20-24-14(16)4)13(3)17-11-23-18-9-7-6-8-15(17)18/h5-9,13,17H,1,10-11H2,2-4H3. The zero-order valence-corrected chi connectivity index (χ0v) is 15.1. The number of hydrogen-bond acceptors (Lipinski definition) is 4. The van der Waals surface area contributed by atoms with Gasteiger partial charge in [-0.2, -0.15) is 4.37 Å². The van der Waals surface area contributed by atoms with Crippen LogP contribution in [0.2, 0.25) is 0 Å². The van der Waals surface area contributed by atoms with Gasteiger partial charge in [-0.25, -0.2) is 0 Å². The molecule has 1 aliphatic rings. The van der Waals surface area contributed by atoms with Crippen molar-refractivity contribution in [1.82, 2.24) is 9.27 Å². The normalized spacial score (nSPS) is 17.0. The highest BCUT2D eigenvalue weighted by molar-refractivity contribution is 7.05. The summed E-state index contributed by atoms with van der Waals surface area (Å²) >= 11 is 1.49. The number of carbonyl (C=O) groups is 1. The van der Waals surface area contributed by atoms with Crippen LogP contribution in [-0.4, -0.2) is 27.8 Å². The number of para-hydroxylation sites is 1. The lowest BCUT2D eigenvalue weighted by atomic mass is 9.93. The maximum Gasteiger partial charge on any atom is 0.246 e. The Bertz CT molecular complexity index is 749. The van der Waals surface area contributed by atoms with Gasteiger partial charge in [0.25, 0.3) is 0 Å². The van der Waals surface area contributed by atoms with E-state index >= 15 is 0 Å². The van der Waals surface area contributed by atoms with Gasteiger partial charge in [0.2, 0.25) is 5.91 Å². The number of carbonyl (C=O) groups excluding carboxylic acids is 1. The average molecular weight is 342 g/mol. The lowest BCUT2D eigenvalue weighted by Gasteiger charge is -2.32. The Kier molecular flexibility index (Phi) is 4.71. The van der Waals surface area contributed by atoms with Crippen molar-refractivity contribution in [1.29, 1.82) is 0 Å². The van der Waals surface area contributed by atoms with Crippen molar-refractivity contribution in [3.8, 4) is 5.75 Å². The van der Waals surface area contributed by atoms with Crippen molar-refractivity contribution >= 4 is 17.4 Å². The van der Waals surface area contributed by atoms with E-state index in [1.807, 2.05) is 30.0 Å². The number of amides is 1. The van der Waals surface area contributed by atoms with Crippen LogP contribution in [0.5, 0.6) is 5.75 Å². The fraction of sp³-hybridized carbons (Fsp3) is 0.368. The zero-order valence-electron chi connectivity index (χ0n) is 14.3. The Labute approximate surface area is 146 Å². The first-order valence-corrected chi connectivity index (χ1v) is 8.86. The highest BCUT2D eigenvalue weighted by Gasteiger charge is 2.34. The van der Waals surface area contributed by atoms with Crippen molar-refractivity contribution in [2.75, 3.05) is 6.61 Å². The number of hydrogen-bond donors (Lipinski definition) is 0. The fourth-order valence-electron chi connectivity index (χ4n) is 3.24. The first kappa shape index (κ1) is 16.7. The molecule has 1 aromatic carbocycles. The van der Waals surface area contributed by atoms with Gasteiger partial charge < -0.3 is 9.64 Å². The van der Waals surface area contributed by atoms with E-state index in [9.17, 15) is 4.79 Å². The highest BCUT2D eigenvalue weighted by atomic mass is 32.1. The Morgan fingerprint density at radius 1 is 1.50 bits per heavy atom. The van der Waals surface area contributed by atoms with Crippen LogP contribution in [0.25, 0.3) is 0 Å². The van der Waals surface area contributed by atoms with E-state index in [0.29, 0.717) is 13.2 Å². The molecule has 0 fully saturated rings. The quantitative estimate of drug-likeness (QED) is 0.775. The Morgan fingerprint density at radius 3 is 2.92 bits per heavy atom. The fourth-order valence-corrected chi connectivity index (χ4v) is 3.95. The molecule has 5 heteroatoms. The molecule has 1 aromatic heterocycles. The average Bonchev–Trinajstić information content (AvgIpc) is 3.16. The Balaban J connectivity index is 1.89. The van der Waals surface area contributed by atoms with E-state index in [-0.39, 0.29) is 17.9 Å². The molecule has 0 radical (unpaired) electrons. The van der Waals surface area contributed by atoms with Crippen molar-refractivity contribution in [2.24, 2.45) is 0 Å². The summed E-state index contributed by atoms with van der Waals surface area (Å²) < 4.78 is 10.2. The molecule has 4 nitrogen and oxygen atoms in total. The summed E-state index contributed by atoms with van der Waals surface area (Å²) in [7, 11) is 0. The number of aromatic nitrogens is 1. The molecule has 1 amide bonds. The molecular weight excluding hydrogens is 320 g/mol. The van der Waals surface area contributed by atoms with Crippen molar-refractivity contribution < 1.29 is 9.53 Å². The van der Waals surface area contributed by atoms with E-state index in [4.69, 9.17) is 4.74 Å². The zero-order chi connectivity index (χ0) is 17.3. The Morgan fingerprint density at radius 2 is 2.25 bits per heavy atom. The van der Waals surface area contributed by atoms with Crippen LogP contribution < -0.4 is 4.74 Å². The first-order chi connectivity index (χ1) is 11.5. The van der Waals surface area contributed by atoms with Crippen LogP contribution in [0.15, 0.2) is 36.9 Å². The maximum absolute atomic E-state index is 12.5. The molecule has 2 atom stereocenters. The van der Waals surface area contributed by atoms with E-state index in [1.165, 1.54) is 23.2 Å². The summed E-state index contributed by atoms with van der Waals surface area (Å²) in [6.07, 6.45) is 1.39. The molecular formula is C19H22N2O2S. The molecule has 24 heavy (non-hydrogen) atoms. The number of nitrogens with zero attached hydrogens (tertiary/aromatic N) is 2. The smallest absolute Gasteiger partial charge is 0.246 e. The van der Waals surface area contributed by atoms with Crippen LogP contribution in [0.3, 0.4) is 0 Å². The molecule has 0 N–H and O–H groups in total. The van der Waals surface area contributed by atoms with Crippen LogP contribution in [0, 0.1) is 13.8 Å². The second-order valence-electron chi connectivity index (χ2n) is 6.17. The number of ether oxygens (including phenoxy) is 1. The van der Waals surface area contributed by atoms with E-state index in [0.717, 1.165) is 21.9 Å². The lowest BCUT2D eigenvalue weighted by molar-refractivity contribution is -0.129. The third kappa shape index (κ3) is 2.96. The largest absolute Gasteiger partial charge is 0.493 e. The number of aryl methyl sites for hydroxylation is 2. The molecule has 3 rings (SSSR count). The summed E-state index contributed by atoms with van der Waals surface area (Å²) in [6, 6.07) is 8.08.